The second-order valence-electron chi connectivity index (χ2n) is 7.16. The van der Waals surface area contributed by atoms with Gasteiger partial charge in [0.05, 0.1) is 9.11 Å². The Labute approximate surface area is 161 Å². The van der Waals surface area contributed by atoms with Gasteiger partial charge in [0.1, 0.15) is 11.4 Å². The lowest BCUT2D eigenvalue weighted by atomic mass is 9.81. The minimum absolute atomic E-state index is 0.212. The first-order chi connectivity index (χ1) is 11.2. The molecule has 1 aromatic heterocycles. The number of carbonyl (C=O) groups excluding carboxylic acids is 1. The average molecular weight is 467 g/mol. The quantitative estimate of drug-likeness (QED) is 0.509. The molecule has 0 atom stereocenters. The summed E-state index contributed by atoms with van der Waals surface area (Å²) in [5.74, 6) is 0.712. The number of halogens is 2. The molecule has 0 aliphatic heterocycles. The Hall–Kier alpha value is -0.830. The number of rotatable bonds is 4. The molecule has 0 radical (unpaired) electrons. The Morgan fingerprint density at radius 3 is 2.67 bits per heavy atom. The van der Waals surface area contributed by atoms with Crippen LogP contribution in [-0.4, -0.2) is 33.7 Å². The third-order valence-corrected chi connectivity index (χ3v) is 4.85. The molecule has 1 aliphatic carbocycles. The van der Waals surface area contributed by atoms with Crippen LogP contribution in [-0.2, 0) is 4.74 Å². The van der Waals surface area contributed by atoms with E-state index in [0.29, 0.717) is 12.4 Å². The van der Waals surface area contributed by atoms with E-state index in [-0.39, 0.29) is 10.8 Å². The molecule has 0 bridgehead atoms. The van der Waals surface area contributed by atoms with Crippen LogP contribution in [0, 0.1) is 3.57 Å². The predicted molar refractivity (Wildman–Crippen MR) is 103 cm³/mol. The van der Waals surface area contributed by atoms with E-state index >= 15 is 0 Å². The number of carbonyl (C=O) groups is 1. The molecular formula is C16H24ClIN4O2. The summed E-state index contributed by atoms with van der Waals surface area (Å²) in [6, 6.07) is 0. The Balaban J connectivity index is 2.09. The molecule has 1 amide bonds. The number of hydrogen-bond acceptors (Lipinski definition) is 5. The maximum absolute atomic E-state index is 12.0. The van der Waals surface area contributed by atoms with Gasteiger partial charge in [-0.2, -0.15) is 4.98 Å². The zero-order valence-electron chi connectivity index (χ0n) is 14.3. The zero-order chi connectivity index (χ0) is 17.8. The maximum Gasteiger partial charge on any atom is 0.407 e. The van der Waals surface area contributed by atoms with Gasteiger partial charge in [-0.15, -0.1) is 0 Å². The summed E-state index contributed by atoms with van der Waals surface area (Å²) in [7, 11) is 0. The van der Waals surface area contributed by atoms with Gasteiger partial charge in [-0.05, 0) is 67.8 Å². The van der Waals surface area contributed by atoms with E-state index in [2.05, 4.69) is 43.2 Å². The van der Waals surface area contributed by atoms with Crippen LogP contribution in [0.3, 0.4) is 0 Å². The molecule has 2 rings (SSSR count). The highest BCUT2D eigenvalue weighted by atomic mass is 127. The number of nitrogens with one attached hydrogen (secondary N) is 2. The molecule has 1 heterocycles. The lowest BCUT2D eigenvalue weighted by Gasteiger charge is -2.39. The third-order valence-electron chi connectivity index (χ3n) is 3.88. The number of alkyl carbamates (subject to hydrolysis) is 1. The predicted octanol–water partition coefficient (Wildman–Crippen LogP) is 4.37. The van der Waals surface area contributed by atoms with Crippen molar-refractivity contribution in [1.82, 2.24) is 15.3 Å². The Bertz CT molecular complexity index is 586. The molecule has 1 aromatic rings. The van der Waals surface area contributed by atoms with Crippen molar-refractivity contribution in [2.75, 3.05) is 11.9 Å². The summed E-state index contributed by atoms with van der Waals surface area (Å²) in [6.45, 7) is 6.05. The van der Waals surface area contributed by atoms with Crippen molar-refractivity contribution in [3.05, 3.63) is 15.1 Å². The molecule has 1 aliphatic rings. The van der Waals surface area contributed by atoms with E-state index in [1.54, 1.807) is 6.20 Å². The van der Waals surface area contributed by atoms with E-state index in [1.807, 2.05) is 20.8 Å². The van der Waals surface area contributed by atoms with Crippen molar-refractivity contribution in [3.8, 4) is 0 Å². The average Bonchev–Trinajstić information content (AvgIpc) is 2.48. The van der Waals surface area contributed by atoms with Gasteiger partial charge in [-0.25, -0.2) is 9.78 Å². The normalized spacial score (nSPS) is 17.2. The van der Waals surface area contributed by atoms with Crippen molar-refractivity contribution in [2.45, 2.75) is 64.0 Å². The molecule has 6 nitrogen and oxygen atoms in total. The first kappa shape index (κ1) is 19.5. The van der Waals surface area contributed by atoms with Gasteiger partial charge in [0.25, 0.3) is 0 Å². The summed E-state index contributed by atoms with van der Waals surface area (Å²) in [5, 5.41) is 6.62. The minimum Gasteiger partial charge on any atom is -0.444 e. The smallest absolute Gasteiger partial charge is 0.407 e. The van der Waals surface area contributed by atoms with Gasteiger partial charge in [-0.1, -0.05) is 19.3 Å². The van der Waals surface area contributed by atoms with Crippen LogP contribution < -0.4 is 10.6 Å². The summed E-state index contributed by atoms with van der Waals surface area (Å²) in [6.07, 6.45) is 6.63. The molecular weight excluding hydrogens is 443 g/mol. The first-order valence-electron chi connectivity index (χ1n) is 8.12. The van der Waals surface area contributed by atoms with E-state index in [4.69, 9.17) is 16.3 Å². The number of hydrogen-bond donors (Lipinski definition) is 2. The molecule has 134 valence electrons. The van der Waals surface area contributed by atoms with Gasteiger partial charge < -0.3 is 15.4 Å². The number of ether oxygens (including phenoxy) is 1. The van der Waals surface area contributed by atoms with Gasteiger partial charge in [0.2, 0.25) is 5.28 Å². The van der Waals surface area contributed by atoms with Crippen molar-refractivity contribution >= 4 is 46.1 Å². The Morgan fingerprint density at radius 2 is 2.04 bits per heavy atom. The fourth-order valence-electron chi connectivity index (χ4n) is 2.81. The Kier molecular flexibility index (Phi) is 6.52. The van der Waals surface area contributed by atoms with Gasteiger partial charge in [0, 0.05) is 12.7 Å². The largest absolute Gasteiger partial charge is 0.444 e. The molecule has 0 saturated heterocycles. The van der Waals surface area contributed by atoms with Crippen molar-refractivity contribution in [2.24, 2.45) is 0 Å². The molecule has 2 N–H and O–H groups in total. The van der Waals surface area contributed by atoms with Crippen LogP contribution in [0.25, 0.3) is 0 Å². The highest BCUT2D eigenvalue weighted by Crippen LogP contribution is 2.32. The monoisotopic (exact) mass is 466 g/mol. The van der Waals surface area contributed by atoms with E-state index in [1.165, 1.54) is 6.42 Å². The molecule has 1 fully saturated rings. The topological polar surface area (TPSA) is 76.1 Å². The number of nitrogens with zero attached hydrogens (tertiary/aromatic N) is 2. The van der Waals surface area contributed by atoms with Crippen LogP contribution >= 0.6 is 34.2 Å². The minimum atomic E-state index is -0.507. The summed E-state index contributed by atoms with van der Waals surface area (Å²) in [5.41, 5.74) is -0.750. The van der Waals surface area contributed by atoms with Crippen molar-refractivity contribution in [1.29, 1.82) is 0 Å². The van der Waals surface area contributed by atoms with E-state index in [0.717, 1.165) is 29.3 Å². The highest BCUT2D eigenvalue weighted by Gasteiger charge is 2.34. The number of anilines is 1. The van der Waals surface area contributed by atoms with Crippen molar-refractivity contribution in [3.63, 3.8) is 0 Å². The lowest BCUT2D eigenvalue weighted by Crippen LogP contribution is -2.51. The summed E-state index contributed by atoms with van der Waals surface area (Å²) < 4.78 is 6.24. The van der Waals surface area contributed by atoms with Gasteiger partial charge >= 0.3 is 6.09 Å². The SMILES string of the molecule is CC(C)(C)OC(=O)NCC1(Nc2nc(Cl)ncc2I)CCCCC1. The molecule has 8 heteroatoms. The Morgan fingerprint density at radius 1 is 1.38 bits per heavy atom. The molecule has 1 saturated carbocycles. The lowest BCUT2D eigenvalue weighted by molar-refractivity contribution is 0.0512. The van der Waals surface area contributed by atoms with Gasteiger partial charge in [0.15, 0.2) is 0 Å². The second-order valence-corrected chi connectivity index (χ2v) is 8.66. The van der Waals surface area contributed by atoms with Crippen LogP contribution in [0.4, 0.5) is 10.6 Å². The summed E-state index contributed by atoms with van der Waals surface area (Å²) in [4.78, 5) is 20.3. The number of amides is 1. The third kappa shape index (κ3) is 5.91. The molecule has 0 unspecified atom stereocenters. The standard InChI is InChI=1S/C16H24ClIN4O2/c1-15(2,3)24-14(23)20-10-16(7-5-4-6-8-16)22-12-11(18)9-19-13(17)21-12/h9H,4-8,10H2,1-3H3,(H,20,23)(H,19,21,22). The van der Waals surface area contributed by atoms with Crippen LogP contribution in [0.5, 0.6) is 0 Å². The van der Waals surface area contributed by atoms with Crippen LogP contribution in [0.15, 0.2) is 6.20 Å². The van der Waals surface area contributed by atoms with Crippen molar-refractivity contribution < 1.29 is 9.53 Å². The molecule has 24 heavy (non-hydrogen) atoms. The van der Waals surface area contributed by atoms with Crippen LogP contribution in [0.2, 0.25) is 5.28 Å². The maximum atomic E-state index is 12.0. The highest BCUT2D eigenvalue weighted by molar-refractivity contribution is 14.1. The number of aromatic nitrogens is 2. The fourth-order valence-corrected chi connectivity index (χ4v) is 3.34. The fraction of sp³-hybridized carbons (Fsp3) is 0.688. The first-order valence-corrected chi connectivity index (χ1v) is 9.58. The van der Waals surface area contributed by atoms with Gasteiger partial charge in [-0.3, -0.25) is 0 Å². The summed E-state index contributed by atoms with van der Waals surface area (Å²) >= 11 is 8.11. The zero-order valence-corrected chi connectivity index (χ0v) is 17.2. The van der Waals surface area contributed by atoms with Crippen LogP contribution in [0.1, 0.15) is 52.9 Å². The van der Waals surface area contributed by atoms with E-state index in [9.17, 15) is 4.79 Å². The molecule has 0 aromatic carbocycles. The van der Waals surface area contributed by atoms with E-state index < -0.39 is 11.7 Å². The second kappa shape index (κ2) is 8.03. The molecule has 0 spiro atoms.